The lowest BCUT2D eigenvalue weighted by Gasteiger charge is -2.12. The normalized spacial score (nSPS) is 11.4. The Labute approximate surface area is 183 Å². The third kappa shape index (κ3) is 4.44. The number of aromatic carboxylic acids is 1. The Bertz CT molecular complexity index is 1340. The molecule has 2 aromatic heterocycles. The zero-order valence-corrected chi connectivity index (χ0v) is 16.8. The molecule has 0 fully saturated rings. The topological polar surface area (TPSA) is 123 Å². The number of halogens is 3. The molecule has 33 heavy (non-hydrogen) atoms. The third-order valence-corrected chi connectivity index (χ3v) is 4.54. The monoisotopic (exact) mass is 457 g/mol. The summed E-state index contributed by atoms with van der Waals surface area (Å²) in [5.74, 6) is -1.88. The summed E-state index contributed by atoms with van der Waals surface area (Å²) in [5.41, 5.74) is -1.02. The summed E-state index contributed by atoms with van der Waals surface area (Å²) >= 11 is 0. The second-order valence-electron chi connectivity index (χ2n) is 6.85. The number of hydrogen-bond acceptors (Lipinski definition) is 6. The number of hydrogen-bond donors (Lipinski definition) is 2. The molecule has 4 aromatic rings. The molecule has 168 valence electrons. The van der Waals surface area contributed by atoms with Crippen LogP contribution >= 0.6 is 0 Å². The number of aromatic nitrogens is 4. The van der Waals surface area contributed by atoms with E-state index in [-0.39, 0.29) is 39.8 Å². The van der Waals surface area contributed by atoms with Crippen molar-refractivity contribution in [3.8, 4) is 17.1 Å². The summed E-state index contributed by atoms with van der Waals surface area (Å²) in [6.45, 7) is 1.48. The molecule has 2 heterocycles. The first-order valence-corrected chi connectivity index (χ1v) is 9.34. The van der Waals surface area contributed by atoms with Crippen molar-refractivity contribution in [2.24, 2.45) is 0 Å². The van der Waals surface area contributed by atoms with Crippen LogP contribution in [0, 0.1) is 6.92 Å². The Morgan fingerprint density at radius 3 is 2.39 bits per heavy atom. The molecule has 0 radical (unpaired) electrons. The summed E-state index contributed by atoms with van der Waals surface area (Å²) in [4.78, 5) is 27.3. The molecule has 0 atom stereocenters. The Kier molecular flexibility index (Phi) is 5.42. The van der Waals surface area contributed by atoms with Gasteiger partial charge in [-0.15, -0.1) is 0 Å². The Hall–Kier alpha value is -4.48. The molecule has 2 N–H and O–H groups in total. The standard InChI is InChI=1S/C21H14F3N5O4/c1-11-26-19(33-28-11)16-10-25-29(17(16)21(22,23)24)15-7-5-14(6-8-15)27-18(30)12-3-2-4-13(9-12)20(31)32/h2-10H,1H3,(H,27,30)(H,31,32). The van der Waals surface area contributed by atoms with E-state index in [1.54, 1.807) is 0 Å². The zero-order valence-electron chi connectivity index (χ0n) is 16.8. The van der Waals surface area contributed by atoms with Gasteiger partial charge in [-0.25, -0.2) is 9.48 Å². The molecule has 2 aromatic carbocycles. The van der Waals surface area contributed by atoms with Gasteiger partial charge in [0.1, 0.15) is 0 Å². The van der Waals surface area contributed by atoms with E-state index in [1.165, 1.54) is 55.5 Å². The van der Waals surface area contributed by atoms with Crippen molar-refractivity contribution in [3.63, 3.8) is 0 Å². The van der Waals surface area contributed by atoms with Crippen molar-refractivity contribution < 1.29 is 32.4 Å². The van der Waals surface area contributed by atoms with Crippen LogP contribution in [0.5, 0.6) is 0 Å². The first kappa shape index (κ1) is 21.7. The third-order valence-electron chi connectivity index (χ3n) is 4.54. The number of carboxylic acid groups (broad SMARTS) is 1. The van der Waals surface area contributed by atoms with Crippen molar-refractivity contribution in [1.29, 1.82) is 0 Å². The number of rotatable bonds is 5. The number of nitrogens with one attached hydrogen (secondary N) is 1. The fourth-order valence-electron chi connectivity index (χ4n) is 3.06. The van der Waals surface area contributed by atoms with Gasteiger partial charge in [0.25, 0.3) is 11.8 Å². The van der Waals surface area contributed by atoms with Crippen molar-refractivity contribution in [1.82, 2.24) is 19.9 Å². The molecule has 12 heteroatoms. The van der Waals surface area contributed by atoms with Gasteiger partial charge in [0.05, 0.1) is 23.0 Å². The van der Waals surface area contributed by atoms with E-state index in [0.29, 0.717) is 4.68 Å². The number of benzene rings is 2. The fourth-order valence-corrected chi connectivity index (χ4v) is 3.06. The van der Waals surface area contributed by atoms with Gasteiger partial charge in [-0.05, 0) is 49.4 Å². The number of alkyl halides is 3. The van der Waals surface area contributed by atoms with E-state index >= 15 is 0 Å². The quantitative estimate of drug-likeness (QED) is 0.460. The lowest BCUT2D eigenvalue weighted by molar-refractivity contribution is -0.142. The number of carboxylic acids is 1. The second kappa shape index (κ2) is 8.22. The fraction of sp³-hybridized carbons (Fsp3) is 0.0952. The van der Waals surface area contributed by atoms with Crippen molar-refractivity contribution in [3.05, 3.63) is 77.4 Å². The highest BCUT2D eigenvalue weighted by atomic mass is 19.4. The van der Waals surface area contributed by atoms with Gasteiger partial charge in [0, 0.05) is 11.3 Å². The van der Waals surface area contributed by atoms with Crippen molar-refractivity contribution in [2.75, 3.05) is 5.32 Å². The molecular weight excluding hydrogens is 443 g/mol. The first-order valence-electron chi connectivity index (χ1n) is 9.34. The molecule has 0 aliphatic carbocycles. The predicted molar refractivity (Wildman–Crippen MR) is 108 cm³/mol. The van der Waals surface area contributed by atoms with Gasteiger partial charge in [-0.1, -0.05) is 11.2 Å². The first-order chi connectivity index (χ1) is 15.6. The van der Waals surface area contributed by atoms with Crippen LogP contribution in [-0.2, 0) is 6.18 Å². The number of nitrogens with zero attached hydrogens (tertiary/aromatic N) is 4. The molecule has 1 amide bonds. The van der Waals surface area contributed by atoms with Crippen LogP contribution in [0.15, 0.2) is 59.3 Å². The van der Waals surface area contributed by atoms with Gasteiger partial charge in [-0.3, -0.25) is 4.79 Å². The highest BCUT2D eigenvalue weighted by molar-refractivity contribution is 6.05. The van der Waals surface area contributed by atoms with Crippen LogP contribution in [-0.4, -0.2) is 36.9 Å². The molecule has 0 unspecified atom stereocenters. The van der Waals surface area contributed by atoms with Crippen LogP contribution < -0.4 is 5.32 Å². The Morgan fingerprint density at radius 1 is 1.09 bits per heavy atom. The van der Waals surface area contributed by atoms with Crippen molar-refractivity contribution in [2.45, 2.75) is 13.1 Å². The van der Waals surface area contributed by atoms with Gasteiger partial charge in [0.2, 0.25) is 0 Å². The molecule has 0 saturated heterocycles. The second-order valence-corrected chi connectivity index (χ2v) is 6.85. The van der Waals surface area contributed by atoms with Crippen LogP contribution in [0.1, 0.15) is 32.2 Å². The molecular formula is C21H14F3N5O4. The number of carbonyl (C=O) groups excluding carboxylic acids is 1. The van der Waals surface area contributed by atoms with Crippen molar-refractivity contribution >= 4 is 17.6 Å². The maximum atomic E-state index is 13.8. The molecule has 0 bridgehead atoms. The van der Waals surface area contributed by atoms with E-state index in [1.807, 2.05) is 0 Å². The van der Waals surface area contributed by atoms with E-state index in [9.17, 15) is 22.8 Å². The molecule has 0 spiro atoms. The lowest BCUT2D eigenvalue weighted by Crippen LogP contribution is -2.15. The SMILES string of the molecule is Cc1noc(-c2cnn(-c3ccc(NC(=O)c4cccc(C(=O)O)c4)cc3)c2C(F)(F)F)n1. The highest BCUT2D eigenvalue weighted by Gasteiger charge is 2.40. The van der Waals surface area contributed by atoms with Gasteiger partial charge in [0.15, 0.2) is 11.5 Å². The number of carbonyl (C=O) groups is 2. The van der Waals surface area contributed by atoms with Gasteiger partial charge >= 0.3 is 12.1 Å². The minimum absolute atomic E-state index is 0.0522. The maximum Gasteiger partial charge on any atom is 0.434 e. The molecule has 0 aliphatic rings. The van der Waals surface area contributed by atoms with Gasteiger partial charge < -0.3 is 14.9 Å². The van der Waals surface area contributed by atoms with Crippen LogP contribution in [0.2, 0.25) is 0 Å². The minimum Gasteiger partial charge on any atom is -0.478 e. The average Bonchev–Trinajstić information content (AvgIpc) is 3.40. The summed E-state index contributed by atoms with van der Waals surface area (Å²) in [7, 11) is 0. The molecule has 4 rings (SSSR count). The van der Waals surface area contributed by atoms with Crippen LogP contribution in [0.4, 0.5) is 18.9 Å². The molecule has 9 nitrogen and oxygen atoms in total. The Morgan fingerprint density at radius 2 is 1.79 bits per heavy atom. The Balaban J connectivity index is 1.61. The molecule has 0 saturated carbocycles. The largest absolute Gasteiger partial charge is 0.478 e. The highest BCUT2D eigenvalue weighted by Crippen LogP contribution is 2.38. The summed E-state index contributed by atoms with van der Waals surface area (Å²) in [5, 5.41) is 18.9. The average molecular weight is 457 g/mol. The number of aryl methyl sites for hydroxylation is 1. The summed E-state index contributed by atoms with van der Waals surface area (Å²) in [6, 6.07) is 10.9. The van der Waals surface area contributed by atoms with E-state index in [4.69, 9.17) is 9.63 Å². The zero-order chi connectivity index (χ0) is 23.8. The maximum absolute atomic E-state index is 13.8. The van der Waals surface area contributed by atoms with Crippen LogP contribution in [0.25, 0.3) is 17.1 Å². The summed E-state index contributed by atoms with van der Waals surface area (Å²) in [6.07, 6.45) is -3.78. The number of anilines is 1. The minimum atomic E-state index is -4.77. The molecule has 0 aliphatic heterocycles. The number of amides is 1. The summed E-state index contributed by atoms with van der Waals surface area (Å²) < 4.78 is 47.0. The lowest BCUT2D eigenvalue weighted by atomic mass is 10.1. The predicted octanol–water partition coefficient (Wildman–Crippen LogP) is 4.20. The van der Waals surface area contributed by atoms with E-state index in [2.05, 4.69) is 20.6 Å². The van der Waals surface area contributed by atoms with Crippen LogP contribution in [0.3, 0.4) is 0 Å². The van der Waals surface area contributed by atoms with Gasteiger partial charge in [-0.2, -0.15) is 23.3 Å². The smallest absolute Gasteiger partial charge is 0.434 e. The van der Waals surface area contributed by atoms with E-state index < -0.39 is 23.7 Å². The van der Waals surface area contributed by atoms with E-state index in [0.717, 1.165) is 6.20 Å².